The van der Waals surface area contributed by atoms with Crippen molar-refractivity contribution in [2.24, 2.45) is 17.3 Å². The summed E-state index contributed by atoms with van der Waals surface area (Å²) in [6.07, 6.45) is 3.92. The molecule has 28 heavy (non-hydrogen) atoms. The number of hydrogen-bond donors (Lipinski definition) is 0. The molecule has 0 amide bonds. The first-order valence-corrected chi connectivity index (χ1v) is 8.91. The zero-order valence-corrected chi connectivity index (χ0v) is 19.1. The molecule has 1 fully saturated rings. The van der Waals surface area contributed by atoms with Crippen molar-refractivity contribution in [3.63, 3.8) is 0 Å². The number of rotatable bonds is 6. The molecule has 0 spiro atoms. The van der Waals surface area contributed by atoms with E-state index >= 15 is 0 Å². The molecule has 0 saturated heterocycles. The van der Waals surface area contributed by atoms with Crippen LogP contribution in [0.5, 0.6) is 11.5 Å². The van der Waals surface area contributed by atoms with Gasteiger partial charge in [-0.25, -0.2) is 0 Å². The van der Waals surface area contributed by atoms with Crippen molar-refractivity contribution in [1.82, 2.24) is 0 Å². The quantitative estimate of drug-likeness (QED) is 0.447. The molecule has 2 aromatic rings. The average molecular weight is 449 g/mol. The maximum absolute atomic E-state index is 12.6. The van der Waals surface area contributed by atoms with E-state index < -0.39 is 6.10 Å². The van der Waals surface area contributed by atoms with E-state index in [-0.39, 0.29) is 55.9 Å². The van der Waals surface area contributed by atoms with Gasteiger partial charge in [-0.1, -0.05) is 44.2 Å². The Kier molecular flexibility index (Phi) is 7.58. The van der Waals surface area contributed by atoms with Crippen molar-refractivity contribution >= 4 is 5.97 Å². The molecule has 4 nitrogen and oxygen atoms in total. The van der Waals surface area contributed by atoms with Gasteiger partial charge in [-0.2, -0.15) is 12.2 Å². The molecule has 3 rings (SSSR count). The maximum Gasteiger partial charge on any atom is 0.311 e. The number of para-hydroxylation sites is 1. The fourth-order valence-electron chi connectivity index (χ4n) is 3.34. The summed E-state index contributed by atoms with van der Waals surface area (Å²) in [6.45, 7) is 5.85. The van der Waals surface area contributed by atoms with Gasteiger partial charge >= 0.3 is 5.97 Å². The van der Waals surface area contributed by atoms with E-state index in [1.165, 1.54) is 0 Å². The smallest absolute Gasteiger partial charge is 0.311 e. The summed E-state index contributed by atoms with van der Waals surface area (Å²) in [7, 11) is 0. The van der Waals surface area contributed by atoms with E-state index in [0.717, 1.165) is 0 Å². The average Bonchev–Trinajstić information content (AvgIpc) is 3.21. The van der Waals surface area contributed by atoms with E-state index in [1.54, 1.807) is 24.3 Å². The Labute approximate surface area is 191 Å². The number of esters is 1. The van der Waals surface area contributed by atoms with Gasteiger partial charge in [-0.3, -0.25) is 10.9 Å². The second-order valence-electron chi connectivity index (χ2n) is 7.21. The second kappa shape index (κ2) is 9.50. The molecule has 1 radical (unpaired) electrons. The Hall–Kier alpha value is -1.96. The Balaban J connectivity index is 0.00000280. The SMILES string of the molecule is C[C-]=CC1C(C(=O)OC(C#N)c2cccc(Oc3ccccc3)c2)C1(C)C.[Y]. The van der Waals surface area contributed by atoms with Gasteiger partial charge in [-0.05, 0) is 35.6 Å². The number of nitriles is 1. The minimum Gasteiger partial charge on any atom is -0.503 e. The molecule has 5 heteroatoms. The summed E-state index contributed by atoms with van der Waals surface area (Å²) in [4.78, 5) is 12.6. The van der Waals surface area contributed by atoms with Crippen LogP contribution in [0.3, 0.4) is 0 Å². The van der Waals surface area contributed by atoms with E-state index in [0.29, 0.717) is 17.1 Å². The molecule has 0 aromatic heterocycles. The molecule has 2 aromatic carbocycles. The summed E-state index contributed by atoms with van der Waals surface area (Å²) in [5.74, 6) is 0.789. The Morgan fingerprint density at radius 1 is 1.18 bits per heavy atom. The third-order valence-electron chi connectivity index (χ3n) is 5.00. The van der Waals surface area contributed by atoms with Crippen LogP contribution in [0.1, 0.15) is 32.4 Å². The summed E-state index contributed by atoms with van der Waals surface area (Å²) in [6, 6.07) is 18.5. The summed E-state index contributed by atoms with van der Waals surface area (Å²) in [5, 5.41) is 9.52. The number of carbonyl (C=O) groups is 1. The largest absolute Gasteiger partial charge is 0.503 e. The van der Waals surface area contributed by atoms with Crippen molar-refractivity contribution < 1.29 is 47.0 Å². The van der Waals surface area contributed by atoms with Gasteiger partial charge in [0.1, 0.15) is 17.6 Å². The third-order valence-corrected chi connectivity index (χ3v) is 5.00. The van der Waals surface area contributed by atoms with Crippen LogP contribution in [0, 0.1) is 34.7 Å². The molecular weight excluding hydrogens is 427 g/mol. The number of ether oxygens (including phenoxy) is 2. The fraction of sp³-hybridized carbons (Fsp3) is 0.304. The first kappa shape index (κ1) is 22.3. The van der Waals surface area contributed by atoms with Gasteiger partial charge in [0, 0.05) is 38.3 Å². The summed E-state index contributed by atoms with van der Waals surface area (Å²) < 4.78 is 11.3. The summed E-state index contributed by atoms with van der Waals surface area (Å²) >= 11 is 0. The van der Waals surface area contributed by atoms with Gasteiger partial charge in [0.25, 0.3) is 0 Å². The van der Waals surface area contributed by atoms with Crippen molar-refractivity contribution in [3.8, 4) is 17.6 Å². The molecule has 1 aliphatic rings. The molecule has 0 bridgehead atoms. The van der Waals surface area contributed by atoms with Gasteiger partial charge < -0.3 is 15.5 Å². The molecule has 0 heterocycles. The zero-order chi connectivity index (χ0) is 19.4. The summed E-state index contributed by atoms with van der Waals surface area (Å²) in [5.41, 5.74) is 0.421. The first-order chi connectivity index (χ1) is 13.0. The van der Waals surface area contributed by atoms with Gasteiger partial charge in [0.05, 0.1) is 5.92 Å². The van der Waals surface area contributed by atoms with Gasteiger partial charge in [0.2, 0.25) is 6.10 Å². The first-order valence-electron chi connectivity index (χ1n) is 8.91. The molecule has 1 saturated carbocycles. The minimum atomic E-state index is -0.969. The molecular formula is C23H22NO3Y-. The predicted octanol–water partition coefficient (Wildman–Crippen LogP) is 5.24. The monoisotopic (exact) mass is 449 g/mol. The topological polar surface area (TPSA) is 59.3 Å². The second-order valence-corrected chi connectivity index (χ2v) is 7.21. The van der Waals surface area contributed by atoms with Gasteiger partial charge in [-0.15, -0.1) is 0 Å². The van der Waals surface area contributed by atoms with Crippen LogP contribution in [0.2, 0.25) is 0 Å². The standard InChI is InChI=1S/C23H22NO3.Y/c1-4-9-19-21(23(19,2)3)22(25)27-20(15-24)16-10-8-13-18(14-16)26-17-11-6-5-7-12-17;/h5-14,19-21H,1-3H3;/q-1;. The van der Waals surface area contributed by atoms with Crippen LogP contribution in [0.15, 0.2) is 60.7 Å². The zero-order valence-electron chi connectivity index (χ0n) is 16.3. The van der Waals surface area contributed by atoms with Crippen LogP contribution in [-0.4, -0.2) is 5.97 Å². The Morgan fingerprint density at radius 3 is 2.50 bits per heavy atom. The number of carbonyl (C=O) groups excluding carboxylic acids is 1. The molecule has 1 aliphatic carbocycles. The van der Waals surface area contributed by atoms with Gasteiger partial charge in [0.15, 0.2) is 0 Å². The molecule has 3 atom stereocenters. The maximum atomic E-state index is 12.6. The van der Waals surface area contributed by atoms with Crippen LogP contribution in [0.4, 0.5) is 0 Å². The molecule has 3 unspecified atom stereocenters. The fourth-order valence-corrected chi connectivity index (χ4v) is 3.34. The molecule has 0 N–H and O–H groups in total. The Bertz CT molecular complexity index is 886. The predicted molar refractivity (Wildman–Crippen MR) is 102 cm³/mol. The van der Waals surface area contributed by atoms with Crippen LogP contribution in [0.25, 0.3) is 0 Å². The number of nitrogens with zero attached hydrogens (tertiary/aromatic N) is 1. The van der Waals surface area contributed by atoms with E-state index in [4.69, 9.17) is 9.47 Å². The Morgan fingerprint density at radius 2 is 1.86 bits per heavy atom. The minimum absolute atomic E-state index is 0. The number of benzene rings is 2. The van der Waals surface area contributed by atoms with Crippen LogP contribution in [-0.2, 0) is 42.2 Å². The number of hydrogen-bond acceptors (Lipinski definition) is 4. The van der Waals surface area contributed by atoms with Crippen molar-refractivity contribution in [1.29, 1.82) is 5.26 Å². The molecule has 0 aliphatic heterocycles. The van der Waals surface area contributed by atoms with Crippen molar-refractivity contribution in [3.05, 3.63) is 72.3 Å². The van der Waals surface area contributed by atoms with Crippen LogP contribution < -0.4 is 4.74 Å². The number of allylic oxidation sites excluding steroid dienone is 2. The normalized spacial score (nSPS) is 20.5. The van der Waals surface area contributed by atoms with E-state index in [1.807, 2.05) is 57.2 Å². The van der Waals surface area contributed by atoms with Crippen molar-refractivity contribution in [2.75, 3.05) is 0 Å². The third kappa shape index (κ3) is 4.90. The van der Waals surface area contributed by atoms with E-state index in [9.17, 15) is 10.1 Å². The molecule has 141 valence electrons. The van der Waals surface area contributed by atoms with E-state index in [2.05, 4.69) is 12.1 Å². The van der Waals surface area contributed by atoms with Crippen molar-refractivity contribution in [2.45, 2.75) is 26.9 Å². The van der Waals surface area contributed by atoms with Crippen LogP contribution >= 0.6 is 0 Å².